The number of halogens is 1. The quantitative estimate of drug-likeness (QED) is 0.725. The molecule has 0 aliphatic carbocycles. The van der Waals surface area contributed by atoms with E-state index in [1.54, 1.807) is 14.2 Å². The van der Waals surface area contributed by atoms with E-state index in [2.05, 4.69) is 46.8 Å². The average molecular weight is 330 g/mol. The summed E-state index contributed by atoms with van der Waals surface area (Å²) in [4.78, 5) is 2.44. The van der Waals surface area contributed by atoms with Gasteiger partial charge in [-0.15, -0.1) is 0 Å². The molecule has 0 amide bonds. The molecule has 0 bridgehead atoms. The van der Waals surface area contributed by atoms with Crippen molar-refractivity contribution in [2.24, 2.45) is 0 Å². The van der Waals surface area contributed by atoms with E-state index < -0.39 is 0 Å². The molecule has 0 aliphatic rings. The fourth-order valence-corrected chi connectivity index (χ4v) is 2.55. The summed E-state index contributed by atoms with van der Waals surface area (Å²) in [5.74, 6) is 0.871. The zero-order valence-corrected chi connectivity index (χ0v) is 13.9. The van der Waals surface area contributed by atoms with Crippen LogP contribution >= 0.6 is 15.9 Å². The lowest BCUT2D eigenvalue weighted by atomic mass is 10.1. The molecule has 0 saturated heterocycles. The highest BCUT2D eigenvalue weighted by molar-refractivity contribution is 9.10. The highest BCUT2D eigenvalue weighted by atomic mass is 79.9. The second-order valence-electron chi connectivity index (χ2n) is 4.69. The highest BCUT2D eigenvalue weighted by Gasteiger charge is 2.13. The number of hydrogen-bond acceptors (Lipinski definition) is 3. The predicted molar refractivity (Wildman–Crippen MR) is 82.7 cm³/mol. The Bertz CT molecular complexity index is 384. The number of methoxy groups -OCH3 is 2. The van der Waals surface area contributed by atoms with Crippen LogP contribution in [-0.4, -0.2) is 38.3 Å². The summed E-state index contributed by atoms with van der Waals surface area (Å²) >= 11 is 3.54. The van der Waals surface area contributed by atoms with E-state index in [0.29, 0.717) is 6.04 Å². The van der Waals surface area contributed by atoms with Gasteiger partial charge in [-0.25, -0.2) is 0 Å². The Morgan fingerprint density at radius 2 is 2.05 bits per heavy atom. The molecule has 1 aromatic carbocycles. The topological polar surface area (TPSA) is 21.7 Å². The summed E-state index contributed by atoms with van der Waals surface area (Å²) in [6.07, 6.45) is 1.14. The Kier molecular flexibility index (Phi) is 7.42. The van der Waals surface area contributed by atoms with Crippen molar-refractivity contribution in [2.45, 2.75) is 32.9 Å². The Morgan fingerprint density at radius 3 is 2.58 bits per heavy atom. The SMILES string of the molecule is CCC(C)N(CCOC)Cc1ccc(OC)c(Br)c1. The van der Waals surface area contributed by atoms with Gasteiger partial charge >= 0.3 is 0 Å². The monoisotopic (exact) mass is 329 g/mol. The van der Waals surface area contributed by atoms with E-state index in [-0.39, 0.29) is 0 Å². The van der Waals surface area contributed by atoms with Crippen LogP contribution in [0.1, 0.15) is 25.8 Å². The molecule has 0 spiro atoms. The molecule has 108 valence electrons. The molecule has 0 heterocycles. The van der Waals surface area contributed by atoms with Crippen molar-refractivity contribution in [1.29, 1.82) is 0 Å². The fourth-order valence-electron chi connectivity index (χ4n) is 1.96. The van der Waals surface area contributed by atoms with Gasteiger partial charge in [-0.05, 0) is 47.0 Å². The van der Waals surface area contributed by atoms with Gasteiger partial charge in [-0.1, -0.05) is 13.0 Å². The molecule has 0 radical (unpaired) electrons. The number of benzene rings is 1. The van der Waals surface area contributed by atoms with Crippen LogP contribution in [0.3, 0.4) is 0 Å². The standard InChI is InChI=1S/C15H24BrNO2/c1-5-12(2)17(8-9-18-3)11-13-6-7-15(19-4)14(16)10-13/h6-7,10,12H,5,8-9,11H2,1-4H3. The highest BCUT2D eigenvalue weighted by Crippen LogP contribution is 2.26. The number of nitrogens with zero attached hydrogens (tertiary/aromatic N) is 1. The first-order valence-electron chi connectivity index (χ1n) is 6.67. The van der Waals surface area contributed by atoms with Crippen LogP contribution in [0.5, 0.6) is 5.75 Å². The van der Waals surface area contributed by atoms with Crippen molar-refractivity contribution >= 4 is 15.9 Å². The van der Waals surface area contributed by atoms with Crippen LogP contribution in [0, 0.1) is 0 Å². The molecule has 1 atom stereocenters. The summed E-state index contributed by atoms with van der Waals surface area (Å²) in [6, 6.07) is 6.80. The molecule has 0 N–H and O–H groups in total. The third-order valence-corrected chi connectivity index (χ3v) is 4.02. The summed E-state index contributed by atoms with van der Waals surface area (Å²) in [6.45, 7) is 7.13. The molecule has 19 heavy (non-hydrogen) atoms. The molecule has 1 aromatic rings. The molecule has 0 saturated carbocycles. The minimum Gasteiger partial charge on any atom is -0.496 e. The van der Waals surface area contributed by atoms with E-state index in [4.69, 9.17) is 9.47 Å². The Balaban J connectivity index is 2.74. The summed E-state index contributed by atoms with van der Waals surface area (Å²) in [5, 5.41) is 0. The molecular formula is C15H24BrNO2. The van der Waals surface area contributed by atoms with Gasteiger partial charge in [0.25, 0.3) is 0 Å². The third kappa shape index (κ3) is 5.13. The van der Waals surface area contributed by atoms with Crippen LogP contribution in [0.25, 0.3) is 0 Å². The van der Waals surface area contributed by atoms with Crippen molar-refractivity contribution in [3.63, 3.8) is 0 Å². The summed E-state index contributed by atoms with van der Waals surface area (Å²) in [7, 11) is 3.43. The van der Waals surface area contributed by atoms with Crippen LogP contribution in [0.4, 0.5) is 0 Å². The number of hydrogen-bond donors (Lipinski definition) is 0. The van der Waals surface area contributed by atoms with Crippen LogP contribution in [0.2, 0.25) is 0 Å². The minimum atomic E-state index is 0.552. The van der Waals surface area contributed by atoms with Crippen LogP contribution in [-0.2, 0) is 11.3 Å². The molecule has 0 aromatic heterocycles. The summed E-state index contributed by atoms with van der Waals surface area (Å²) in [5.41, 5.74) is 1.28. The van der Waals surface area contributed by atoms with Gasteiger partial charge in [0.2, 0.25) is 0 Å². The van der Waals surface area contributed by atoms with Gasteiger partial charge < -0.3 is 9.47 Å². The molecule has 0 fully saturated rings. The maximum atomic E-state index is 5.26. The van der Waals surface area contributed by atoms with E-state index in [9.17, 15) is 0 Å². The fraction of sp³-hybridized carbons (Fsp3) is 0.600. The van der Waals surface area contributed by atoms with Gasteiger partial charge in [0, 0.05) is 26.2 Å². The zero-order valence-electron chi connectivity index (χ0n) is 12.3. The minimum absolute atomic E-state index is 0.552. The largest absolute Gasteiger partial charge is 0.496 e. The van der Waals surface area contributed by atoms with Crippen molar-refractivity contribution in [3.05, 3.63) is 28.2 Å². The van der Waals surface area contributed by atoms with Crippen molar-refractivity contribution in [2.75, 3.05) is 27.4 Å². The maximum Gasteiger partial charge on any atom is 0.133 e. The van der Waals surface area contributed by atoms with E-state index in [1.165, 1.54) is 5.56 Å². The first-order chi connectivity index (χ1) is 9.12. The molecule has 1 rings (SSSR count). The molecule has 1 unspecified atom stereocenters. The van der Waals surface area contributed by atoms with Crippen molar-refractivity contribution in [1.82, 2.24) is 4.90 Å². The van der Waals surface area contributed by atoms with E-state index in [1.807, 2.05) is 6.07 Å². The maximum absolute atomic E-state index is 5.26. The number of rotatable bonds is 8. The first kappa shape index (κ1) is 16.5. The first-order valence-corrected chi connectivity index (χ1v) is 7.47. The predicted octanol–water partition coefficient (Wildman–Crippen LogP) is 3.70. The van der Waals surface area contributed by atoms with Crippen molar-refractivity contribution < 1.29 is 9.47 Å². The zero-order chi connectivity index (χ0) is 14.3. The van der Waals surface area contributed by atoms with Gasteiger partial charge in [-0.2, -0.15) is 0 Å². The molecule has 4 heteroatoms. The second kappa shape index (κ2) is 8.56. The van der Waals surface area contributed by atoms with E-state index in [0.717, 1.165) is 36.3 Å². The van der Waals surface area contributed by atoms with Crippen LogP contribution in [0.15, 0.2) is 22.7 Å². The summed E-state index contributed by atoms with van der Waals surface area (Å²) < 4.78 is 11.5. The Hall–Kier alpha value is -0.580. The van der Waals surface area contributed by atoms with Crippen molar-refractivity contribution in [3.8, 4) is 5.75 Å². The van der Waals surface area contributed by atoms with Crippen LogP contribution < -0.4 is 4.74 Å². The molecule has 3 nitrogen and oxygen atoms in total. The lowest BCUT2D eigenvalue weighted by molar-refractivity contribution is 0.118. The average Bonchev–Trinajstić information content (AvgIpc) is 2.42. The molecule has 0 aliphatic heterocycles. The van der Waals surface area contributed by atoms with Gasteiger partial charge in [0.15, 0.2) is 0 Å². The molecular weight excluding hydrogens is 306 g/mol. The van der Waals surface area contributed by atoms with E-state index >= 15 is 0 Å². The lowest BCUT2D eigenvalue weighted by Gasteiger charge is -2.28. The van der Waals surface area contributed by atoms with Gasteiger partial charge in [0.05, 0.1) is 18.2 Å². The Morgan fingerprint density at radius 1 is 1.32 bits per heavy atom. The third-order valence-electron chi connectivity index (χ3n) is 3.40. The Labute approximate surface area is 125 Å². The van der Waals surface area contributed by atoms with Gasteiger partial charge in [-0.3, -0.25) is 4.90 Å². The smallest absolute Gasteiger partial charge is 0.133 e. The normalized spacial score (nSPS) is 12.7. The van der Waals surface area contributed by atoms with Gasteiger partial charge in [0.1, 0.15) is 5.75 Å². The second-order valence-corrected chi connectivity index (χ2v) is 5.54. The number of ether oxygens (including phenoxy) is 2. The lowest BCUT2D eigenvalue weighted by Crippen LogP contribution is -2.34.